The van der Waals surface area contributed by atoms with E-state index in [0.29, 0.717) is 0 Å². The smallest absolute Gasteiger partial charge is 0.202 e. The Morgan fingerprint density at radius 1 is 1.50 bits per heavy atom. The van der Waals surface area contributed by atoms with Gasteiger partial charge in [0, 0.05) is 31.4 Å². The molecule has 4 nitrogen and oxygen atoms in total. The van der Waals surface area contributed by atoms with Crippen molar-refractivity contribution in [3.8, 4) is 0 Å². The number of rotatable bonds is 2. The molecule has 0 unspecified atom stereocenters. The van der Waals surface area contributed by atoms with Gasteiger partial charge in [-0.1, -0.05) is 0 Å². The highest BCUT2D eigenvalue weighted by Crippen LogP contribution is 2.18. The minimum absolute atomic E-state index is 0. The molecule has 0 amide bonds. The van der Waals surface area contributed by atoms with Crippen molar-refractivity contribution in [2.45, 2.75) is 12.8 Å². The number of piperidine rings is 1. The largest absolute Gasteiger partial charge is 0.342 e. The second-order valence-electron chi connectivity index (χ2n) is 3.37. The molecule has 1 aliphatic rings. The Morgan fingerprint density at radius 3 is 2.71 bits per heavy atom. The van der Waals surface area contributed by atoms with Crippen LogP contribution in [-0.4, -0.2) is 29.3 Å². The van der Waals surface area contributed by atoms with Gasteiger partial charge in [0.05, 0.1) is 0 Å². The summed E-state index contributed by atoms with van der Waals surface area (Å²) in [7, 11) is 0. The fraction of sp³-hybridized carbons (Fsp3) is 0.556. The monoisotopic (exact) mass is 215 g/mol. The Bertz CT molecular complexity index is 268. The van der Waals surface area contributed by atoms with Gasteiger partial charge < -0.3 is 14.7 Å². The zero-order chi connectivity index (χ0) is 9.10. The summed E-state index contributed by atoms with van der Waals surface area (Å²) in [5, 5.41) is 0. The fourth-order valence-electron chi connectivity index (χ4n) is 1.68. The Labute approximate surface area is 89.1 Å². The molecule has 0 atom stereocenters. The number of halogens is 1. The van der Waals surface area contributed by atoms with Crippen LogP contribution in [0.2, 0.25) is 0 Å². The molecule has 14 heavy (non-hydrogen) atoms. The third kappa shape index (κ3) is 2.26. The molecular weight excluding hydrogens is 202 g/mol. The van der Waals surface area contributed by atoms with Crippen molar-refractivity contribution in [3.63, 3.8) is 0 Å². The Hall–Kier alpha value is -1.03. The maximum Gasteiger partial charge on any atom is 0.202 e. The summed E-state index contributed by atoms with van der Waals surface area (Å²) in [4.78, 5) is 19.9. The molecule has 0 radical (unpaired) electrons. The maximum absolute atomic E-state index is 10.5. The van der Waals surface area contributed by atoms with Crippen LogP contribution in [0.25, 0.3) is 0 Å². The van der Waals surface area contributed by atoms with Crippen LogP contribution in [-0.2, 0) is 4.79 Å². The second kappa shape index (κ2) is 5.00. The van der Waals surface area contributed by atoms with E-state index in [1.54, 1.807) is 6.20 Å². The van der Waals surface area contributed by atoms with E-state index in [0.717, 1.165) is 38.2 Å². The summed E-state index contributed by atoms with van der Waals surface area (Å²) in [5.41, 5.74) is 0. The highest BCUT2D eigenvalue weighted by Gasteiger charge is 2.19. The first-order valence-corrected chi connectivity index (χ1v) is 4.60. The number of hydrogen-bond acceptors (Lipinski definition) is 3. The van der Waals surface area contributed by atoms with E-state index in [-0.39, 0.29) is 18.3 Å². The van der Waals surface area contributed by atoms with Gasteiger partial charge in [0.15, 0.2) is 0 Å². The molecule has 2 heterocycles. The lowest BCUT2D eigenvalue weighted by Gasteiger charge is -2.29. The zero-order valence-electron chi connectivity index (χ0n) is 7.85. The Morgan fingerprint density at radius 2 is 2.21 bits per heavy atom. The van der Waals surface area contributed by atoms with E-state index >= 15 is 0 Å². The van der Waals surface area contributed by atoms with Gasteiger partial charge in [-0.3, -0.25) is 0 Å². The molecule has 1 N–H and O–H groups in total. The lowest BCUT2D eigenvalue weighted by atomic mass is 9.99. The van der Waals surface area contributed by atoms with Gasteiger partial charge in [-0.2, -0.15) is 0 Å². The minimum Gasteiger partial charge on any atom is -0.342 e. The molecule has 0 aliphatic carbocycles. The molecule has 0 bridgehead atoms. The molecule has 0 aromatic carbocycles. The molecule has 1 aromatic rings. The normalized spacial score (nSPS) is 17.6. The Balaban J connectivity index is 0.000000980. The molecule has 1 aliphatic heterocycles. The standard InChI is InChI=1S/C9H13N3O.ClH/c13-7-8-1-5-12(6-2-8)9-10-3-4-11-9;/h3-4,7-8H,1-2,5-6H2,(H,10,11);1H. The molecular formula is C9H14ClN3O. The Kier molecular flexibility index (Phi) is 3.95. The van der Waals surface area contributed by atoms with Crippen LogP contribution in [0.1, 0.15) is 12.8 Å². The van der Waals surface area contributed by atoms with Crippen molar-refractivity contribution in [2.75, 3.05) is 18.0 Å². The van der Waals surface area contributed by atoms with Gasteiger partial charge in [-0.15, -0.1) is 12.4 Å². The van der Waals surface area contributed by atoms with E-state index in [1.807, 2.05) is 6.20 Å². The minimum atomic E-state index is 0. The predicted molar refractivity (Wildman–Crippen MR) is 56.8 cm³/mol. The molecule has 5 heteroatoms. The van der Waals surface area contributed by atoms with Crippen LogP contribution in [0.3, 0.4) is 0 Å². The summed E-state index contributed by atoms with van der Waals surface area (Å²) in [6.45, 7) is 1.86. The topological polar surface area (TPSA) is 49.0 Å². The number of anilines is 1. The summed E-state index contributed by atoms with van der Waals surface area (Å²) >= 11 is 0. The highest BCUT2D eigenvalue weighted by atomic mass is 35.5. The first kappa shape index (κ1) is 11.0. The lowest BCUT2D eigenvalue weighted by Crippen LogP contribution is -2.34. The molecule has 1 saturated heterocycles. The van der Waals surface area contributed by atoms with Crippen molar-refractivity contribution in [2.24, 2.45) is 5.92 Å². The molecule has 1 aromatic heterocycles. The van der Waals surface area contributed by atoms with E-state index in [4.69, 9.17) is 0 Å². The number of aldehydes is 1. The summed E-state index contributed by atoms with van der Waals surface area (Å²) in [6.07, 6.45) is 6.54. The van der Waals surface area contributed by atoms with Crippen LogP contribution in [0.5, 0.6) is 0 Å². The van der Waals surface area contributed by atoms with Crippen LogP contribution in [0.4, 0.5) is 5.95 Å². The lowest BCUT2D eigenvalue weighted by molar-refractivity contribution is -0.111. The molecule has 0 saturated carbocycles. The SMILES string of the molecule is Cl.O=CC1CCN(c2ncc[nH]2)CC1. The van der Waals surface area contributed by atoms with Crippen LogP contribution >= 0.6 is 12.4 Å². The quantitative estimate of drug-likeness (QED) is 0.756. The first-order chi connectivity index (χ1) is 6.40. The molecule has 1 fully saturated rings. The number of H-pyrrole nitrogens is 1. The molecule has 2 rings (SSSR count). The van der Waals surface area contributed by atoms with Crippen molar-refractivity contribution in [1.82, 2.24) is 9.97 Å². The van der Waals surface area contributed by atoms with Crippen LogP contribution in [0, 0.1) is 5.92 Å². The third-order valence-corrected chi connectivity index (χ3v) is 2.52. The van der Waals surface area contributed by atoms with Gasteiger partial charge in [-0.05, 0) is 12.8 Å². The van der Waals surface area contributed by atoms with Crippen molar-refractivity contribution in [3.05, 3.63) is 12.4 Å². The number of nitrogens with one attached hydrogen (secondary N) is 1. The summed E-state index contributed by atoms with van der Waals surface area (Å²) in [5.74, 6) is 1.18. The van der Waals surface area contributed by atoms with E-state index in [9.17, 15) is 4.79 Å². The number of carbonyl (C=O) groups is 1. The van der Waals surface area contributed by atoms with E-state index in [1.165, 1.54) is 0 Å². The van der Waals surface area contributed by atoms with E-state index in [2.05, 4.69) is 14.9 Å². The van der Waals surface area contributed by atoms with Gasteiger partial charge in [0.25, 0.3) is 0 Å². The van der Waals surface area contributed by atoms with Crippen molar-refractivity contribution < 1.29 is 4.79 Å². The number of hydrogen-bond donors (Lipinski definition) is 1. The number of nitrogens with zero attached hydrogens (tertiary/aromatic N) is 2. The van der Waals surface area contributed by atoms with Crippen molar-refractivity contribution in [1.29, 1.82) is 0 Å². The first-order valence-electron chi connectivity index (χ1n) is 4.60. The summed E-state index contributed by atoms with van der Waals surface area (Å²) in [6, 6.07) is 0. The maximum atomic E-state index is 10.5. The highest BCUT2D eigenvalue weighted by molar-refractivity contribution is 5.85. The number of imidazole rings is 1. The van der Waals surface area contributed by atoms with Crippen LogP contribution in [0.15, 0.2) is 12.4 Å². The average Bonchev–Trinajstić information content (AvgIpc) is 2.71. The van der Waals surface area contributed by atoms with E-state index < -0.39 is 0 Å². The van der Waals surface area contributed by atoms with Gasteiger partial charge in [0.1, 0.15) is 6.29 Å². The molecule has 0 spiro atoms. The van der Waals surface area contributed by atoms with Gasteiger partial charge >= 0.3 is 0 Å². The average molecular weight is 216 g/mol. The second-order valence-corrected chi connectivity index (χ2v) is 3.37. The number of aromatic nitrogens is 2. The number of carbonyl (C=O) groups excluding carboxylic acids is 1. The summed E-state index contributed by atoms with van der Waals surface area (Å²) < 4.78 is 0. The van der Waals surface area contributed by atoms with Gasteiger partial charge in [-0.25, -0.2) is 4.98 Å². The van der Waals surface area contributed by atoms with Crippen molar-refractivity contribution >= 4 is 24.6 Å². The molecule has 78 valence electrons. The van der Waals surface area contributed by atoms with Crippen LogP contribution < -0.4 is 4.90 Å². The predicted octanol–water partition coefficient (Wildman–Crippen LogP) is 1.25. The fourth-order valence-corrected chi connectivity index (χ4v) is 1.68. The van der Waals surface area contributed by atoms with Gasteiger partial charge in [0.2, 0.25) is 5.95 Å². The third-order valence-electron chi connectivity index (χ3n) is 2.52. The number of aromatic amines is 1. The zero-order valence-corrected chi connectivity index (χ0v) is 8.67.